The molecule has 0 spiro atoms. The number of likely N-dealkylation sites (N-methyl/N-ethyl adjacent to an activating group) is 1. The second-order valence-electron chi connectivity index (χ2n) is 5.71. The van der Waals surface area contributed by atoms with Gasteiger partial charge in [-0.15, -0.1) is 0 Å². The molecule has 0 unspecified atom stereocenters. The predicted molar refractivity (Wildman–Crippen MR) is 102 cm³/mol. The van der Waals surface area contributed by atoms with Gasteiger partial charge in [0.25, 0.3) is 0 Å². The fraction of sp³-hybridized carbons (Fsp3) is 0.222. The van der Waals surface area contributed by atoms with E-state index < -0.39 is 17.8 Å². The third-order valence-corrected chi connectivity index (χ3v) is 4.42. The quantitative estimate of drug-likeness (QED) is 0.773. The molecule has 0 aromatic heterocycles. The summed E-state index contributed by atoms with van der Waals surface area (Å²) in [5.74, 6) is -1.34. The molecule has 5 nitrogen and oxygen atoms in total. The molecule has 0 aliphatic rings. The van der Waals surface area contributed by atoms with Crippen LogP contribution in [0.4, 0.5) is 15.8 Å². The van der Waals surface area contributed by atoms with E-state index in [2.05, 4.69) is 10.6 Å². The van der Waals surface area contributed by atoms with Crippen LogP contribution in [-0.4, -0.2) is 36.3 Å². The summed E-state index contributed by atoms with van der Waals surface area (Å²) in [7, 11) is 1.61. The number of benzene rings is 2. The normalized spacial score (nSPS) is 11.9. The molecule has 2 aromatic rings. The number of carbonyl (C=O) groups excluding carboxylic acids is 2. The summed E-state index contributed by atoms with van der Waals surface area (Å²) < 4.78 is 13.6. The van der Waals surface area contributed by atoms with Crippen LogP contribution in [0, 0.1) is 5.82 Å². The van der Waals surface area contributed by atoms with Crippen LogP contribution in [0.2, 0.25) is 10.0 Å². The number of anilines is 2. The maximum Gasteiger partial charge on any atom is 0.241 e. The smallest absolute Gasteiger partial charge is 0.241 e. The Balaban J connectivity index is 1.95. The van der Waals surface area contributed by atoms with Gasteiger partial charge in [-0.2, -0.15) is 0 Å². The molecule has 0 fully saturated rings. The van der Waals surface area contributed by atoms with Gasteiger partial charge >= 0.3 is 0 Å². The highest BCUT2D eigenvalue weighted by Gasteiger charge is 2.21. The maximum absolute atomic E-state index is 13.6. The lowest BCUT2D eigenvalue weighted by Crippen LogP contribution is -2.43. The van der Waals surface area contributed by atoms with Crippen LogP contribution in [0.15, 0.2) is 42.5 Å². The van der Waals surface area contributed by atoms with Crippen molar-refractivity contribution in [1.82, 2.24) is 4.90 Å². The van der Waals surface area contributed by atoms with E-state index in [4.69, 9.17) is 23.2 Å². The molecule has 8 heteroatoms. The van der Waals surface area contributed by atoms with Gasteiger partial charge in [0.2, 0.25) is 11.8 Å². The van der Waals surface area contributed by atoms with E-state index in [-0.39, 0.29) is 18.1 Å². The zero-order valence-corrected chi connectivity index (χ0v) is 15.7. The number of halogens is 3. The lowest BCUT2D eigenvalue weighted by atomic mass is 10.2. The molecule has 0 radical (unpaired) electrons. The Hall–Kier alpha value is -2.15. The lowest BCUT2D eigenvalue weighted by molar-refractivity contribution is -0.122. The summed E-state index contributed by atoms with van der Waals surface area (Å²) in [6.45, 7) is 1.54. The van der Waals surface area contributed by atoms with Gasteiger partial charge in [-0.1, -0.05) is 41.4 Å². The minimum atomic E-state index is -0.665. The summed E-state index contributed by atoms with van der Waals surface area (Å²) in [4.78, 5) is 26.0. The van der Waals surface area contributed by atoms with Crippen molar-refractivity contribution in [2.24, 2.45) is 0 Å². The van der Waals surface area contributed by atoms with Crippen molar-refractivity contribution < 1.29 is 14.0 Å². The average Bonchev–Trinajstić information content (AvgIpc) is 2.59. The first-order chi connectivity index (χ1) is 12.3. The van der Waals surface area contributed by atoms with E-state index in [1.807, 2.05) is 0 Å². The van der Waals surface area contributed by atoms with E-state index in [1.54, 1.807) is 38.2 Å². The number of rotatable bonds is 6. The van der Waals surface area contributed by atoms with E-state index in [1.165, 1.54) is 23.1 Å². The number of hydrogen-bond donors (Lipinski definition) is 2. The van der Waals surface area contributed by atoms with Crippen molar-refractivity contribution in [3.8, 4) is 0 Å². The molecule has 0 aliphatic carbocycles. The minimum Gasteiger partial charge on any atom is -0.322 e. The zero-order valence-electron chi connectivity index (χ0n) is 14.2. The highest BCUT2D eigenvalue weighted by Crippen LogP contribution is 2.29. The van der Waals surface area contributed by atoms with Crippen LogP contribution in [0.25, 0.3) is 0 Å². The molecule has 2 aromatic carbocycles. The number of hydrogen-bond acceptors (Lipinski definition) is 3. The van der Waals surface area contributed by atoms with Gasteiger partial charge in [0.15, 0.2) is 0 Å². The summed E-state index contributed by atoms with van der Waals surface area (Å²) in [6.07, 6.45) is 0. The van der Waals surface area contributed by atoms with E-state index in [0.29, 0.717) is 15.7 Å². The van der Waals surface area contributed by atoms with Crippen LogP contribution in [0.3, 0.4) is 0 Å². The number of nitrogens with one attached hydrogen (secondary N) is 2. The van der Waals surface area contributed by atoms with E-state index in [0.717, 1.165) is 0 Å². The number of para-hydroxylation sites is 2. The standard InChI is InChI=1S/C18H18Cl2FN3O2/c1-11(18(26)22-15-9-4-3-8-14(15)21)24(2)10-16(25)23-17-12(19)6-5-7-13(17)20/h3-9,11H,10H2,1-2H3,(H,22,26)(H,23,25)/t11-/m1/s1. The molecule has 1 atom stereocenters. The summed E-state index contributed by atoms with van der Waals surface area (Å²) >= 11 is 12.0. The fourth-order valence-corrected chi connectivity index (χ4v) is 2.65. The van der Waals surface area contributed by atoms with Gasteiger partial charge in [0, 0.05) is 0 Å². The van der Waals surface area contributed by atoms with Crippen molar-refractivity contribution in [2.75, 3.05) is 24.2 Å². The molecular weight excluding hydrogens is 380 g/mol. The molecule has 0 aliphatic heterocycles. The first-order valence-corrected chi connectivity index (χ1v) is 8.54. The topological polar surface area (TPSA) is 61.4 Å². The van der Waals surface area contributed by atoms with E-state index in [9.17, 15) is 14.0 Å². The van der Waals surface area contributed by atoms with Crippen LogP contribution in [0.5, 0.6) is 0 Å². The molecular formula is C18H18Cl2FN3O2. The monoisotopic (exact) mass is 397 g/mol. The summed E-state index contributed by atoms with van der Waals surface area (Å²) in [5.41, 5.74) is 0.405. The second kappa shape index (κ2) is 8.98. The SMILES string of the molecule is C[C@H](C(=O)Nc1ccccc1F)N(C)CC(=O)Nc1c(Cl)cccc1Cl. The molecule has 0 heterocycles. The first-order valence-electron chi connectivity index (χ1n) is 7.79. The van der Waals surface area contributed by atoms with Gasteiger partial charge in [-0.05, 0) is 38.2 Å². The fourth-order valence-electron chi connectivity index (χ4n) is 2.16. The first kappa shape index (κ1) is 20.2. The lowest BCUT2D eigenvalue weighted by Gasteiger charge is -2.23. The maximum atomic E-state index is 13.6. The average molecular weight is 398 g/mol. The van der Waals surface area contributed by atoms with Crippen LogP contribution < -0.4 is 10.6 Å². The van der Waals surface area contributed by atoms with Gasteiger partial charge in [0.05, 0.1) is 34.0 Å². The van der Waals surface area contributed by atoms with Crippen molar-refractivity contribution in [3.63, 3.8) is 0 Å². The third-order valence-electron chi connectivity index (χ3n) is 3.79. The van der Waals surface area contributed by atoms with Crippen molar-refractivity contribution in [2.45, 2.75) is 13.0 Å². The number of carbonyl (C=O) groups is 2. The number of nitrogens with zero attached hydrogens (tertiary/aromatic N) is 1. The highest BCUT2D eigenvalue weighted by atomic mass is 35.5. The van der Waals surface area contributed by atoms with Crippen molar-refractivity contribution in [3.05, 3.63) is 58.3 Å². The summed E-state index contributed by atoms with van der Waals surface area (Å²) in [5, 5.41) is 5.77. The Morgan fingerprint density at radius 2 is 1.69 bits per heavy atom. The molecule has 2 amide bonds. The van der Waals surface area contributed by atoms with Crippen LogP contribution in [0.1, 0.15) is 6.92 Å². The number of amides is 2. The Bertz CT molecular complexity index is 797. The highest BCUT2D eigenvalue weighted by molar-refractivity contribution is 6.39. The molecule has 138 valence electrons. The van der Waals surface area contributed by atoms with Gasteiger partial charge in [0.1, 0.15) is 5.82 Å². The zero-order chi connectivity index (χ0) is 19.3. The van der Waals surface area contributed by atoms with Crippen molar-refractivity contribution in [1.29, 1.82) is 0 Å². The molecule has 2 rings (SSSR count). The molecule has 26 heavy (non-hydrogen) atoms. The van der Waals surface area contributed by atoms with Gasteiger partial charge in [-0.25, -0.2) is 4.39 Å². The Morgan fingerprint density at radius 1 is 1.08 bits per heavy atom. The second-order valence-corrected chi connectivity index (χ2v) is 6.52. The largest absolute Gasteiger partial charge is 0.322 e. The predicted octanol–water partition coefficient (Wildman–Crippen LogP) is 4.03. The van der Waals surface area contributed by atoms with Crippen LogP contribution >= 0.6 is 23.2 Å². The Morgan fingerprint density at radius 3 is 2.31 bits per heavy atom. The van der Waals surface area contributed by atoms with Gasteiger partial charge < -0.3 is 10.6 Å². The van der Waals surface area contributed by atoms with E-state index >= 15 is 0 Å². The molecule has 0 saturated heterocycles. The third kappa shape index (κ3) is 5.17. The molecule has 0 bridgehead atoms. The van der Waals surface area contributed by atoms with Gasteiger partial charge in [-0.3, -0.25) is 14.5 Å². The Kier molecular flexibility index (Phi) is 6.97. The summed E-state index contributed by atoms with van der Waals surface area (Å²) in [6, 6.07) is 10.1. The van der Waals surface area contributed by atoms with Crippen molar-refractivity contribution >= 4 is 46.4 Å². The minimum absolute atomic E-state index is 0.0760. The molecule has 2 N–H and O–H groups in total. The molecule has 0 saturated carbocycles. The van der Waals surface area contributed by atoms with Crippen LogP contribution in [-0.2, 0) is 9.59 Å². The Labute approximate surface area is 161 Å².